The lowest BCUT2D eigenvalue weighted by Gasteiger charge is -2.20. The van der Waals surface area contributed by atoms with E-state index < -0.39 is 0 Å². The van der Waals surface area contributed by atoms with Crippen molar-refractivity contribution >= 4 is 29.2 Å². The molecule has 0 atom stereocenters. The van der Waals surface area contributed by atoms with Gasteiger partial charge in [-0.15, -0.1) is 5.10 Å². The van der Waals surface area contributed by atoms with Gasteiger partial charge in [0.2, 0.25) is 0 Å². The Hall–Kier alpha value is -2.64. The largest absolute Gasteiger partial charge is 0.384 e. The highest BCUT2D eigenvalue weighted by Crippen LogP contribution is 2.14. The quantitative estimate of drug-likeness (QED) is 0.540. The lowest BCUT2D eigenvalue weighted by Crippen LogP contribution is -2.33. The molecule has 0 aliphatic carbocycles. The Balaban J connectivity index is 1.49. The fraction of sp³-hybridized carbons (Fsp3) is 0.316. The molecule has 2 heterocycles. The van der Waals surface area contributed by atoms with E-state index in [2.05, 4.69) is 10.4 Å². The normalized spacial score (nSPS) is 11.2. The van der Waals surface area contributed by atoms with E-state index >= 15 is 0 Å². The number of hydrogen-bond donors (Lipinski definition) is 1. The number of fused-ring (bicyclic) bond motifs is 1. The molecule has 1 N–H and O–H groups in total. The standard InChI is InChI=1S/C19H22ClN5O2/c20-16-5-3-6-17(15-16)21-8-12-23(13-14-26)9-4-11-25-19(27)24-10-2-1-7-18(24)22-25/h1-3,5-7,10,14-15,21H,4,8-9,11-13H2. The molecular weight excluding hydrogens is 366 g/mol. The Morgan fingerprint density at radius 2 is 2.07 bits per heavy atom. The third kappa shape index (κ3) is 5.18. The predicted octanol–water partition coefficient (Wildman–Crippen LogP) is 2.15. The lowest BCUT2D eigenvalue weighted by molar-refractivity contribution is -0.108. The fourth-order valence-electron chi connectivity index (χ4n) is 2.91. The summed E-state index contributed by atoms with van der Waals surface area (Å²) in [7, 11) is 0. The first-order valence-electron chi connectivity index (χ1n) is 8.87. The summed E-state index contributed by atoms with van der Waals surface area (Å²) in [6.45, 7) is 2.99. The molecule has 0 amide bonds. The molecule has 0 spiro atoms. The molecule has 0 aliphatic rings. The number of aldehydes is 1. The van der Waals surface area contributed by atoms with E-state index in [1.54, 1.807) is 18.3 Å². The number of nitrogens with one attached hydrogen (secondary N) is 1. The Morgan fingerprint density at radius 3 is 2.85 bits per heavy atom. The molecule has 3 rings (SSSR count). The minimum atomic E-state index is -0.143. The van der Waals surface area contributed by atoms with Gasteiger partial charge in [0.15, 0.2) is 5.65 Å². The van der Waals surface area contributed by atoms with Gasteiger partial charge in [-0.05, 0) is 36.8 Å². The number of halogens is 1. The highest BCUT2D eigenvalue weighted by atomic mass is 35.5. The molecule has 0 unspecified atom stereocenters. The van der Waals surface area contributed by atoms with Crippen LogP contribution in [0.1, 0.15) is 6.42 Å². The monoisotopic (exact) mass is 387 g/mol. The highest BCUT2D eigenvalue weighted by molar-refractivity contribution is 6.30. The van der Waals surface area contributed by atoms with Crippen LogP contribution in [0.3, 0.4) is 0 Å². The van der Waals surface area contributed by atoms with Crippen LogP contribution in [0, 0.1) is 0 Å². The maximum absolute atomic E-state index is 12.3. The van der Waals surface area contributed by atoms with Crippen LogP contribution in [0.5, 0.6) is 0 Å². The minimum Gasteiger partial charge on any atom is -0.384 e. The van der Waals surface area contributed by atoms with Crippen LogP contribution in [-0.4, -0.2) is 51.5 Å². The van der Waals surface area contributed by atoms with E-state index in [1.165, 1.54) is 9.08 Å². The van der Waals surface area contributed by atoms with Crippen molar-refractivity contribution in [2.45, 2.75) is 13.0 Å². The molecule has 3 aromatic rings. The van der Waals surface area contributed by atoms with Crippen molar-refractivity contribution in [1.29, 1.82) is 0 Å². The third-order valence-electron chi connectivity index (χ3n) is 4.25. The summed E-state index contributed by atoms with van der Waals surface area (Å²) in [5.41, 5.74) is 1.44. The summed E-state index contributed by atoms with van der Waals surface area (Å²) in [4.78, 5) is 25.3. The fourth-order valence-corrected chi connectivity index (χ4v) is 3.10. The van der Waals surface area contributed by atoms with Crippen LogP contribution in [0.15, 0.2) is 53.5 Å². The van der Waals surface area contributed by atoms with Crippen LogP contribution in [0.2, 0.25) is 5.02 Å². The molecule has 0 aliphatic heterocycles. The van der Waals surface area contributed by atoms with Crippen molar-refractivity contribution < 1.29 is 4.79 Å². The average molecular weight is 388 g/mol. The van der Waals surface area contributed by atoms with Gasteiger partial charge in [0.05, 0.1) is 6.54 Å². The Labute approximate surface area is 162 Å². The molecule has 2 aromatic heterocycles. The maximum atomic E-state index is 12.3. The van der Waals surface area contributed by atoms with Crippen molar-refractivity contribution in [3.63, 3.8) is 0 Å². The number of rotatable bonds is 10. The molecule has 8 heteroatoms. The first kappa shape index (κ1) is 19.1. The number of benzene rings is 1. The topological polar surface area (TPSA) is 71.6 Å². The number of nitrogens with zero attached hydrogens (tertiary/aromatic N) is 4. The van der Waals surface area contributed by atoms with Gasteiger partial charge in [0, 0.05) is 43.1 Å². The van der Waals surface area contributed by atoms with Gasteiger partial charge in [-0.2, -0.15) is 0 Å². The Bertz CT molecular complexity index is 952. The molecule has 27 heavy (non-hydrogen) atoms. The molecule has 0 saturated carbocycles. The SMILES string of the molecule is O=CCN(CCCn1nc2ccccn2c1=O)CCNc1cccc(Cl)c1. The van der Waals surface area contributed by atoms with Gasteiger partial charge in [-0.25, -0.2) is 9.48 Å². The van der Waals surface area contributed by atoms with E-state index in [9.17, 15) is 9.59 Å². The number of pyridine rings is 1. The van der Waals surface area contributed by atoms with Crippen molar-refractivity contribution in [2.24, 2.45) is 0 Å². The summed E-state index contributed by atoms with van der Waals surface area (Å²) in [6.07, 6.45) is 3.34. The summed E-state index contributed by atoms with van der Waals surface area (Å²) >= 11 is 5.97. The molecule has 0 saturated heterocycles. The molecule has 142 valence electrons. The number of carbonyl (C=O) groups is 1. The first-order chi connectivity index (χ1) is 13.2. The number of aromatic nitrogens is 3. The minimum absolute atomic E-state index is 0.143. The summed E-state index contributed by atoms with van der Waals surface area (Å²) in [6, 6.07) is 13.0. The summed E-state index contributed by atoms with van der Waals surface area (Å²) in [5.74, 6) is 0. The van der Waals surface area contributed by atoms with Crippen LogP contribution >= 0.6 is 11.6 Å². The van der Waals surface area contributed by atoms with Crippen molar-refractivity contribution in [3.05, 3.63) is 64.2 Å². The van der Waals surface area contributed by atoms with Crippen molar-refractivity contribution in [1.82, 2.24) is 19.1 Å². The number of anilines is 1. The maximum Gasteiger partial charge on any atom is 0.350 e. The second-order valence-corrected chi connectivity index (χ2v) is 6.63. The van der Waals surface area contributed by atoms with E-state index in [1.807, 2.05) is 35.2 Å². The zero-order chi connectivity index (χ0) is 19.1. The molecule has 7 nitrogen and oxygen atoms in total. The molecule has 1 aromatic carbocycles. The first-order valence-corrected chi connectivity index (χ1v) is 9.25. The smallest absolute Gasteiger partial charge is 0.350 e. The number of aryl methyl sites for hydroxylation is 1. The number of hydrogen-bond acceptors (Lipinski definition) is 5. The van der Waals surface area contributed by atoms with Crippen LogP contribution in [0.25, 0.3) is 5.65 Å². The van der Waals surface area contributed by atoms with E-state index in [0.717, 1.165) is 18.4 Å². The molecule has 0 bridgehead atoms. The highest BCUT2D eigenvalue weighted by Gasteiger charge is 2.08. The summed E-state index contributed by atoms with van der Waals surface area (Å²) in [5, 5.41) is 8.30. The molecule has 0 fully saturated rings. The van der Waals surface area contributed by atoms with Gasteiger partial charge >= 0.3 is 5.69 Å². The predicted molar refractivity (Wildman–Crippen MR) is 107 cm³/mol. The van der Waals surface area contributed by atoms with Gasteiger partial charge in [0.1, 0.15) is 6.29 Å². The molecular formula is C19H22ClN5O2. The van der Waals surface area contributed by atoms with Crippen LogP contribution in [-0.2, 0) is 11.3 Å². The second kappa shape index (κ2) is 9.34. The second-order valence-electron chi connectivity index (χ2n) is 6.19. The summed E-state index contributed by atoms with van der Waals surface area (Å²) < 4.78 is 3.00. The van der Waals surface area contributed by atoms with Crippen molar-refractivity contribution in [2.75, 3.05) is 31.5 Å². The number of carbonyl (C=O) groups excluding carboxylic acids is 1. The van der Waals surface area contributed by atoms with E-state index in [4.69, 9.17) is 11.6 Å². The Kier molecular flexibility index (Phi) is 6.62. The van der Waals surface area contributed by atoms with Gasteiger partial charge < -0.3 is 10.1 Å². The van der Waals surface area contributed by atoms with E-state index in [0.29, 0.717) is 43.4 Å². The van der Waals surface area contributed by atoms with Gasteiger partial charge in [0.25, 0.3) is 0 Å². The Morgan fingerprint density at radius 1 is 1.19 bits per heavy atom. The zero-order valence-electron chi connectivity index (χ0n) is 14.9. The van der Waals surface area contributed by atoms with Crippen LogP contribution < -0.4 is 11.0 Å². The lowest BCUT2D eigenvalue weighted by atomic mass is 10.3. The van der Waals surface area contributed by atoms with Crippen LogP contribution in [0.4, 0.5) is 5.69 Å². The van der Waals surface area contributed by atoms with Crippen molar-refractivity contribution in [3.8, 4) is 0 Å². The van der Waals surface area contributed by atoms with Gasteiger partial charge in [-0.1, -0.05) is 23.7 Å². The van der Waals surface area contributed by atoms with E-state index in [-0.39, 0.29) is 5.69 Å². The average Bonchev–Trinajstić information content (AvgIpc) is 2.98. The van der Waals surface area contributed by atoms with Gasteiger partial charge in [-0.3, -0.25) is 9.30 Å². The third-order valence-corrected chi connectivity index (χ3v) is 4.48. The zero-order valence-corrected chi connectivity index (χ0v) is 15.7. The molecule has 0 radical (unpaired) electrons.